The Morgan fingerprint density at radius 1 is 1.05 bits per heavy atom. The number of hydrogen-bond acceptors (Lipinski definition) is 4. The molecule has 2 rings (SSSR count). The van der Waals surface area contributed by atoms with Crippen molar-refractivity contribution >= 4 is 10.0 Å². The average molecular weight is 290 g/mol. The van der Waals surface area contributed by atoms with Crippen LogP contribution in [0.5, 0.6) is 0 Å². The summed E-state index contributed by atoms with van der Waals surface area (Å²) in [5.74, 6) is 0.888. The van der Waals surface area contributed by atoms with E-state index in [9.17, 15) is 8.42 Å². The molecule has 0 amide bonds. The molecule has 2 unspecified atom stereocenters. The highest BCUT2D eigenvalue weighted by Crippen LogP contribution is 2.29. The highest BCUT2D eigenvalue weighted by Gasteiger charge is 2.30. The van der Waals surface area contributed by atoms with Crippen LogP contribution < -0.4 is 10.5 Å². The Hall–Kier alpha value is -0.170. The SMILES string of the molecule is NCC1CCCCC1CNS(=O)(=O)C1CCOCC1. The zero-order valence-electron chi connectivity index (χ0n) is 11.5. The molecule has 0 aromatic carbocycles. The molecule has 2 atom stereocenters. The lowest BCUT2D eigenvalue weighted by molar-refractivity contribution is 0.0980. The first-order valence-corrected chi connectivity index (χ1v) is 8.94. The van der Waals surface area contributed by atoms with Crippen molar-refractivity contribution in [1.29, 1.82) is 0 Å². The topological polar surface area (TPSA) is 81.4 Å². The first kappa shape index (κ1) is 15.2. The highest BCUT2D eigenvalue weighted by molar-refractivity contribution is 7.90. The van der Waals surface area contributed by atoms with Gasteiger partial charge in [0.2, 0.25) is 10.0 Å². The molecule has 2 fully saturated rings. The lowest BCUT2D eigenvalue weighted by Gasteiger charge is -2.31. The number of rotatable bonds is 5. The molecule has 0 bridgehead atoms. The molecule has 1 saturated heterocycles. The third kappa shape index (κ3) is 4.15. The maximum atomic E-state index is 12.2. The van der Waals surface area contributed by atoms with Crippen LogP contribution >= 0.6 is 0 Å². The summed E-state index contributed by atoms with van der Waals surface area (Å²) >= 11 is 0. The maximum absolute atomic E-state index is 12.2. The molecular formula is C13H26N2O3S. The van der Waals surface area contributed by atoms with Gasteiger partial charge in [0.25, 0.3) is 0 Å². The zero-order chi connectivity index (χ0) is 13.7. The van der Waals surface area contributed by atoms with Crippen LogP contribution in [0.15, 0.2) is 0 Å². The van der Waals surface area contributed by atoms with E-state index in [0.717, 1.165) is 12.8 Å². The second-order valence-electron chi connectivity index (χ2n) is 5.75. The molecule has 19 heavy (non-hydrogen) atoms. The molecule has 1 aliphatic carbocycles. The smallest absolute Gasteiger partial charge is 0.214 e. The fraction of sp³-hybridized carbons (Fsp3) is 1.00. The molecule has 112 valence electrons. The monoisotopic (exact) mass is 290 g/mol. The number of nitrogens with one attached hydrogen (secondary N) is 1. The molecule has 6 heteroatoms. The van der Waals surface area contributed by atoms with Crippen LogP contribution in [0, 0.1) is 11.8 Å². The molecule has 3 N–H and O–H groups in total. The largest absolute Gasteiger partial charge is 0.381 e. The molecule has 1 aliphatic heterocycles. The summed E-state index contributed by atoms with van der Waals surface area (Å²) in [5.41, 5.74) is 5.78. The van der Waals surface area contributed by atoms with E-state index in [1.165, 1.54) is 12.8 Å². The van der Waals surface area contributed by atoms with Gasteiger partial charge in [0.1, 0.15) is 0 Å². The third-order valence-electron chi connectivity index (χ3n) is 4.52. The fourth-order valence-corrected chi connectivity index (χ4v) is 4.69. The lowest BCUT2D eigenvalue weighted by Crippen LogP contribution is -2.42. The summed E-state index contributed by atoms with van der Waals surface area (Å²) in [6.07, 6.45) is 5.88. The van der Waals surface area contributed by atoms with Gasteiger partial charge in [-0.25, -0.2) is 13.1 Å². The predicted molar refractivity (Wildman–Crippen MR) is 75.3 cm³/mol. The number of sulfonamides is 1. The summed E-state index contributed by atoms with van der Waals surface area (Å²) in [7, 11) is -3.19. The molecule has 5 nitrogen and oxygen atoms in total. The molecule has 2 aliphatic rings. The Morgan fingerprint density at radius 3 is 2.32 bits per heavy atom. The number of hydrogen-bond donors (Lipinski definition) is 2. The molecule has 0 radical (unpaired) electrons. The van der Waals surface area contributed by atoms with Gasteiger partial charge in [0, 0.05) is 19.8 Å². The Kier molecular flexibility index (Phi) is 5.62. The lowest BCUT2D eigenvalue weighted by atomic mass is 9.79. The van der Waals surface area contributed by atoms with Gasteiger partial charge in [-0.1, -0.05) is 12.8 Å². The van der Waals surface area contributed by atoms with Crippen molar-refractivity contribution in [3.8, 4) is 0 Å². The van der Waals surface area contributed by atoms with Gasteiger partial charge in [-0.05, 0) is 44.1 Å². The second kappa shape index (κ2) is 7.02. The Labute approximate surface area is 116 Å². The first-order chi connectivity index (χ1) is 9.13. The van der Waals surface area contributed by atoms with Crippen LogP contribution in [0.4, 0.5) is 0 Å². The first-order valence-electron chi connectivity index (χ1n) is 7.40. The zero-order valence-corrected chi connectivity index (χ0v) is 12.3. The quantitative estimate of drug-likeness (QED) is 0.786. The van der Waals surface area contributed by atoms with Crippen molar-refractivity contribution in [3.05, 3.63) is 0 Å². The van der Waals surface area contributed by atoms with Gasteiger partial charge in [0.15, 0.2) is 0 Å². The molecular weight excluding hydrogens is 264 g/mol. The van der Waals surface area contributed by atoms with Crippen LogP contribution in [-0.4, -0.2) is 40.0 Å². The van der Waals surface area contributed by atoms with E-state index in [4.69, 9.17) is 10.5 Å². The minimum Gasteiger partial charge on any atom is -0.381 e. The maximum Gasteiger partial charge on any atom is 0.214 e. The van der Waals surface area contributed by atoms with Crippen molar-refractivity contribution in [2.75, 3.05) is 26.3 Å². The predicted octanol–water partition coefficient (Wildman–Crippen LogP) is 0.850. The van der Waals surface area contributed by atoms with E-state index in [-0.39, 0.29) is 5.25 Å². The van der Waals surface area contributed by atoms with E-state index >= 15 is 0 Å². The Morgan fingerprint density at radius 2 is 1.68 bits per heavy atom. The van der Waals surface area contributed by atoms with Crippen LogP contribution in [0.25, 0.3) is 0 Å². The molecule has 1 saturated carbocycles. The summed E-state index contributed by atoms with van der Waals surface area (Å²) in [4.78, 5) is 0. The third-order valence-corrected chi connectivity index (χ3v) is 6.44. The number of ether oxygens (including phenoxy) is 1. The van der Waals surface area contributed by atoms with Crippen molar-refractivity contribution in [3.63, 3.8) is 0 Å². The van der Waals surface area contributed by atoms with Crippen molar-refractivity contribution < 1.29 is 13.2 Å². The van der Waals surface area contributed by atoms with Gasteiger partial charge >= 0.3 is 0 Å². The van der Waals surface area contributed by atoms with E-state index in [2.05, 4.69) is 4.72 Å². The van der Waals surface area contributed by atoms with Gasteiger partial charge in [-0.15, -0.1) is 0 Å². The standard InChI is InChI=1S/C13H26N2O3S/c14-9-11-3-1-2-4-12(11)10-15-19(16,17)13-5-7-18-8-6-13/h11-13,15H,1-10,14H2. The summed E-state index contributed by atoms with van der Waals surface area (Å²) < 4.78 is 32.5. The molecule has 0 aromatic rings. The summed E-state index contributed by atoms with van der Waals surface area (Å²) in [6.45, 7) is 2.34. The van der Waals surface area contributed by atoms with E-state index in [0.29, 0.717) is 51.0 Å². The van der Waals surface area contributed by atoms with Crippen LogP contribution in [0.1, 0.15) is 38.5 Å². The highest BCUT2D eigenvalue weighted by atomic mass is 32.2. The van der Waals surface area contributed by atoms with E-state index < -0.39 is 10.0 Å². The average Bonchev–Trinajstić information content (AvgIpc) is 2.46. The summed E-state index contributed by atoms with van der Waals surface area (Å²) in [5, 5.41) is -0.277. The number of nitrogens with two attached hydrogens (primary N) is 1. The van der Waals surface area contributed by atoms with Crippen molar-refractivity contribution in [2.45, 2.75) is 43.8 Å². The van der Waals surface area contributed by atoms with Gasteiger partial charge < -0.3 is 10.5 Å². The fourth-order valence-electron chi connectivity index (χ4n) is 3.19. The van der Waals surface area contributed by atoms with Crippen molar-refractivity contribution in [1.82, 2.24) is 4.72 Å². The Bertz CT molecular complexity index is 366. The minimum absolute atomic E-state index is 0.277. The molecule has 1 heterocycles. The minimum atomic E-state index is -3.19. The van der Waals surface area contributed by atoms with Crippen LogP contribution in [0.2, 0.25) is 0 Å². The van der Waals surface area contributed by atoms with E-state index in [1.807, 2.05) is 0 Å². The second-order valence-corrected chi connectivity index (χ2v) is 7.79. The van der Waals surface area contributed by atoms with Crippen molar-refractivity contribution in [2.24, 2.45) is 17.6 Å². The van der Waals surface area contributed by atoms with Gasteiger partial charge in [-0.3, -0.25) is 0 Å². The van der Waals surface area contributed by atoms with Crippen LogP contribution in [0.3, 0.4) is 0 Å². The molecule has 0 aromatic heterocycles. The molecule has 0 spiro atoms. The normalized spacial score (nSPS) is 30.4. The Balaban J connectivity index is 1.85. The van der Waals surface area contributed by atoms with Gasteiger partial charge in [-0.2, -0.15) is 0 Å². The van der Waals surface area contributed by atoms with Crippen LogP contribution in [-0.2, 0) is 14.8 Å². The van der Waals surface area contributed by atoms with Gasteiger partial charge in [0.05, 0.1) is 5.25 Å². The van der Waals surface area contributed by atoms with E-state index in [1.54, 1.807) is 0 Å². The summed E-state index contributed by atoms with van der Waals surface area (Å²) in [6, 6.07) is 0.